The molecule has 1 aliphatic carbocycles. The van der Waals surface area contributed by atoms with Gasteiger partial charge in [0.25, 0.3) is 0 Å². The van der Waals surface area contributed by atoms with Gasteiger partial charge in [-0.05, 0) is 37.7 Å². The van der Waals surface area contributed by atoms with Crippen molar-refractivity contribution >= 4 is 24.0 Å². The molecule has 1 saturated carbocycles. The predicted molar refractivity (Wildman–Crippen MR) is 104 cm³/mol. The van der Waals surface area contributed by atoms with Crippen LogP contribution < -0.4 is 0 Å². The molecule has 0 amide bonds. The van der Waals surface area contributed by atoms with Gasteiger partial charge in [0.1, 0.15) is 0 Å². The minimum absolute atomic E-state index is 0.107. The lowest BCUT2D eigenvalue weighted by Gasteiger charge is -2.22. The van der Waals surface area contributed by atoms with Crippen LogP contribution in [0.15, 0.2) is 48.1 Å². The lowest BCUT2D eigenvalue weighted by atomic mass is 9.84. The van der Waals surface area contributed by atoms with Gasteiger partial charge in [-0.1, -0.05) is 48.1 Å². The first-order valence-corrected chi connectivity index (χ1v) is 9.22. The van der Waals surface area contributed by atoms with Gasteiger partial charge in [0.15, 0.2) is 5.41 Å². The quantitative estimate of drug-likeness (QED) is 0.310. The van der Waals surface area contributed by atoms with E-state index in [0.717, 1.165) is 11.1 Å². The Morgan fingerprint density at radius 1 is 1.11 bits per heavy atom. The van der Waals surface area contributed by atoms with Crippen LogP contribution in [0, 0.1) is 11.3 Å². The molecule has 1 unspecified atom stereocenters. The predicted octanol–water partition coefficient (Wildman–Crippen LogP) is 3.32. The highest BCUT2D eigenvalue weighted by molar-refractivity contribution is 6.01. The van der Waals surface area contributed by atoms with Crippen molar-refractivity contribution < 1.29 is 28.6 Å². The molecule has 6 heteroatoms. The number of ether oxygens (including phenoxy) is 3. The third-order valence-corrected chi connectivity index (χ3v) is 4.89. The largest absolute Gasteiger partial charge is 0.468 e. The molecule has 28 heavy (non-hydrogen) atoms. The molecular formula is C22H26O6. The van der Waals surface area contributed by atoms with Crippen LogP contribution in [0.1, 0.15) is 31.7 Å². The van der Waals surface area contributed by atoms with Gasteiger partial charge < -0.3 is 14.2 Å². The topological polar surface area (TPSA) is 78.9 Å². The molecule has 0 N–H and O–H groups in total. The zero-order chi connectivity index (χ0) is 20.6. The van der Waals surface area contributed by atoms with Crippen molar-refractivity contribution in [3.63, 3.8) is 0 Å². The molecule has 1 aliphatic rings. The van der Waals surface area contributed by atoms with Crippen LogP contribution in [0.3, 0.4) is 0 Å². The molecule has 0 aromatic heterocycles. The summed E-state index contributed by atoms with van der Waals surface area (Å²) in [5, 5.41) is 0. The number of hydrogen-bond acceptors (Lipinski definition) is 6. The molecule has 0 bridgehead atoms. The first-order chi connectivity index (χ1) is 13.5. The van der Waals surface area contributed by atoms with E-state index in [2.05, 4.69) is 0 Å². The van der Waals surface area contributed by atoms with Crippen molar-refractivity contribution in [3.8, 4) is 0 Å². The number of rotatable bonds is 7. The van der Waals surface area contributed by atoms with E-state index in [9.17, 15) is 14.4 Å². The minimum atomic E-state index is -1.37. The van der Waals surface area contributed by atoms with Gasteiger partial charge in [0.05, 0.1) is 20.8 Å². The second-order valence-electron chi connectivity index (χ2n) is 6.66. The Hall–Kier alpha value is -2.89. The summed E-state index contributed by atoms with van der Waals surface area (Å²) in [4.78, 5) is 36.6. The van der Waals surface area contributed by atoms with Crippen LogP contribution in [0.2, 0.25) is 0 Å². The second kappa shape index (κ2) is 9.88. The van der Waals surface area contributed by atoms with Crippen LogP contribution in [-0.4, -0.2) is 38.7 Å². The van der Waals surface area contributed by atoms with Gasteiger partial charge >= 0.3 is 17.9 Å². The summed E-state index contributed by atoms with van der Waals surface area (Å²) in [5.74, 6) is -1.73. The maximum Gasteiger partial charge on any atom is 0.330 e. The lowest BCUT2D eigenvalue weighted by molar-refractivity contribution is -0.168. The van der Waals surface area contributed by atoms with Crippen molar-refractivity contribution in [2.24, 2.45) is 11.3 Å². The molecular weight excluding hydrogens is 360 g/mol. The summed E-state index contributed by atoms with van der Waals surface area (Å²) in [5.41, 5.74) is 0.546. The highest BCUT2D eigenvalue weighted by Gasteiger charge is 2.55. The average Bonchev–Trinajstić information content (AvgIpc) is 3.07. The Labute approximate surface area is 165 Å². The Balaban J connectivity index is 2.35. The van der Waals surface area contributed by atoms with Gasteiger partial charge in [0, 0.05) is 6.08 Å². The summed E-state index contributed by atoms with van der Waals surface area (Å²) in [6, 6.07) is 9.67. The Morgan fingerprint density at radius 3 is 2.32 bits per heavy atom. The number of methoxy groups -OCH3 is 2. The van der Waals surface area contributed by atoms with E-state index in [-0.39, 0.29) is 18.8 Å². The monoisotopic (exact) mass is 386 g/mol. The van der Waals surface area contributed by atoms with Crippen molar-refractivity contribution in [3.05, 3.63) is 53.6 Å². The zero-order valence-corrected chi connectivity index (χ0v) is 16.5. The first-order valence-electron chi connectivity index (χ1n) is 9.22. The fraction of sp³-hybridized carbons (Fsp3) is 0.409. The highest BCUT2D eigenvalue weighted by Crippen LogP contribution is 2.49. The molecule has 1 fully saturated rings. The molecule has 0 saturated heterocycles. The molecule has 1 atom stereocenters. The van der Waals surface area contributed by atoms with E-state index in [4.69, 9.17) is 14.2 Å². The van der Waals surface area contributed by atoms with Gasteiger partial charge in [-0.25, -0.2) is 4.79 Å². The molecule has 1 aromatic carbocycles. The first kappa shape index (κ1) is 21.4. The van der Waals surface area contributed by atoms with Crippen molar-refractivity contribution in [1.29, 1.82) is 0 Å². The van der Waals surface area contributed by atoms with Crippen LogP contribution in [0.4, 0.5) is 0 Å². The van der Waals surface area contributed by atoms with Gasteiger partial charge in [-0.15, -0.1) is 0 Å². The standard InChI is InChI=1S/C22H26O6/c1-4-28-19(23)12-8-11-17-14-22(20(24)26-2,21(25)27-3)15-18(17)13-16-9-6-5-7-10-16/h5-10,12-13,17H,4,11,14-15H2,1-3H3/b12-8+,18-13+. The van der Waals surface area contributed by atoms with E-state index in [1.165, 1.54) is 20.3 Å². The summed E-state index contributed by atoms with van der Waals surface area (Å²) in [7, 11) is 2.53. The molecule has 150 valence electrons. The normalized spacial score (nSPS) is 19.5. The summed E-state index contributed by atoms with van der Waals surface area (Å²) >= 11 is 0. The smallest absolute Gasteiger partial charge is 0.330 e. The van der Waals surface area contributed by atoms with Crippen LogP contribution in [0.25, 0.3) is 6.08 Å². The molecule has 0 spiro atoms. The fourth-order valence-corrected chi connectivity index (χ4v) is 3.59. The van der Waals surface area contributed by atoms with Gasteiger partial charge in [-0.3, -0.25) is 9.59 Å². The molecule has 6 nitrogen and oxygen atoms in total. The van der Waals surface area contributed by atoms with Crippen molar-refractivity contribution in [2.75, 3.05) is 20.8 Å². The number of hydrogen-bond donors (Lipinski definition) is 0. The van der Waals surface area contributed by atoms with E-state index < -0.39 is 23.3 Å². The average molecular weight is 386 g/mol. The number of carbonyl (C=O) groups excluding carboxylic acids is 3. The molecule has 1 aromatic rings. The summed E-state index contributed by atoms with van der Waals surface area (Å²) in [6.07, 6.45) is 6.05. The summed E-state index contributed by atoms with van der Waals surface area (Å²) < 4.78 is 14.7. The number of benzene rings is 1. The van der Waals surface area contributed by atoms with Crippen LogP contribution in [-0.2, 0) is 28.6 Å². The Morgan fingerprint density at radius 2 is 1.75 bits per heavy atom. The lowest BCUT2D eigenvalue weighted by Crippen LogP contribution is -2.39. The van der Waals surface area contributed by atoms with Crippen LogP contribution >= 0.6 is 0 Å². The Bertz CT molecular complexity index is 746. The maximum atomic E-state index is 12.5. The molecule has 0 heterocycles. The van der Waals surface area contributed by atoms with E-state index >= 15 is 0 Å². The van der Waals surface area contributed by atoms with Gasteiger partial charge in [0.2, 0.25) is 0 Å². The van der Waals surface area contributed by atoms with Gasteiger partial charge in [-0.2, -0.15) is 0 Å². The van der Waals surface area contributed by atoms with E-state index in [0.29, 0.717) is 13.0 Å². The van der Waals surface area contributed by atoms with Crippen LogP contribution in [0.5, 0.6) is 0 Å². The highest BCUT2D eigenvalue weighted by atomic mass is 16.5. The third kappa shape index (κ3) is 4.88. The molecule has 0 aliphatic heterocycles. The zero-order valence-electron chi connectivity index (χ0n) is 16.5. The second-order valence-corrected chi connectivity index (χ2v) is 6.66. The minimum Gasteiger partial charge on any atom is -0.468 e. The fourth-order valence-electron chi connectivity index (χ4n) is 3.59. The Kier molecular flexibility index (Phi) is 7.55. The number of allylic oxidation sites excluding steroid dienone is 2. The molecule has 0 radical (unpaired) electrons. The third-order valence-electron chi connectivity index (χ3n) is 4.89. The van der Waals surface area contributed by atoms with Crippen molar-refractivity contribution in [2.45, 2.75) is 26.2 Å². The number of carbonyl (C=O) groups is 3. The summed E-state index contributed by atoms with van der Waals surface area (Å²) in [6.45, 7) is 2.05. The van der Waals surface area contributed by atoms with Crippen molar-refractivity contribution in [1.82, 2.24) is 0 Å². The maximum absolute atomic E-state index is 12.5. The molecule has 2 rings (SSSR count). The number of esters is 3. The van der Waals surface area contributed by atoms with E-state index in [1.54, 1.807) is 13.0 Å². The van der Waals surface area contributed by atoms with E-state index in [1.807, 2.05) is 36.4 Å². The SMILES string of the molecule is CCOC(=O)/C=C/CC1CC(C(=O)OC)(C(=O)OC)C/C1=C\c1ccccc1.